The molecule has 0 unspecified atom stereocenters. The zero-order valence-corrected chi connectivity index (χ0v) is 13.9. The van der Waals surface area contributed by atoms with Gasteiger partial charge in [-0.2, -0.15) is 13.2 Å². The molecular weight excluding hydrogens is 321 g/mol. The number of halogens is 3. The molecule has 0 saturated carbocycles. The molecule has 1 aromatic carbocycles. The van der Waals surface area contributed by atoms with E-state index in [2.05, 4.69) is 5.32 Å². The number of carbonyl (C=O) groups is 1. The van der Waals surface area contributed by atoms with Crippen molar-refractivity contribution in [2.45, 2.75) is 45.3 Å². The van der Waals surface area contributed by atoms with Crippen molar-refractivity contribution in [3.63, 3.8) is 0 Å². The van der Waals surface area contributed by atoms with Gasteiger partial charge in [-0.05, 0) is 38.0 Å². The molecule has 1 aromatic rings. The number of ether oxygens (including phenoxy) is 1. The van der Waals surface area contributed by atoms with Crippen LogP contribution in [0.1, 0.15) is 38.7 Å². The Hall–Kier alpha value is -1.92. The molecular formula is C17H23F3N2O2. The summed E-state index contributed by atoms with van der Waals surface area (Å²) in [5, 5.41) is 3.16. The molecule has 1 heterocycles. The third-order valence-corrected chi connectivity index (χ3v) is 4.12. The SMILES string of the molecule is CCOc1ccc(C(F)(F)F)cc1NC1CCN(C(=O)CC)CC1. The van der Waals surface area contributed by atoms with Crippen molar-refractivity contribution in [1.82, 2.24) is 4.90 Å². The molecule has 7 heteroatoms. The van der Waals surface area contributed by atoms with Gasteiger partial charge in [0, 0.05) is 25.6 Å². The number of carbonyl (C=O) groups excluding carboxylic acids is 1. The quantitative estimate of drug-likeness (QED) is 0.880. The minimum Gasteiger partial charge on any atom is -0.492 e. The average molecular weight is 344 g/mol. The summed E-state index contributed by atoms with van der Waals surface area (Å²) in [5.41, 5.74) is -0.348. The Bertz CT molecular complexity index is 567. The summed E-state index contributed by atoms with van der Waals surface area (Å²) >= 11 is 0. The Kier molecular flexibility index (Phi) is 5.96. The summed E-state index contributed by atoms with van der Waals surface area (Å²) < 4.78 is 44.2. The molecule has 1 amide bonds. The lowest BCUT2D eigenvalue weighted by molar-refractivity contribution is -0.137. The van der Waals surface area contributed by atoms with Gasteiger partial charge in [0.25, 0.3) is 0 Å². The highest BCUT2D eigenvalue weighted by Gasteiger charge is 2.31. The first-order valence-electron chi connectivity index (χ1n) is 8.23. The van der Waals surface area contributed by atoms with Crippen molar-refractivity contribution in [2.24, 2.45) is 0 Å². The van der Waals surface area contributed by atoms with Crippen LogP contribution in [0, 0.1) is 0 Å². The number of anilines is 1. The van der Waals surface area contributed by atoms with E-state index in [0.717, 1.165) is 12.1 Å². The van der Waals surface area contributed by atoms with Crippen LogP contribution in [0.15, 0.2) is 18.2 Å². The molecule has 2 rings (SSSR count). The maximum Gasteiger partial charge on any atom is 0.416 e. The van der Waals surface area contributed by atoms with Gasteiger partial charge < -0.3 is 15.0 Å². The number of benzene rings is 1. The molecule has 1 aliphatic rings. The number of nitrogens with one attached hydrogen (secondary N) is 1. The van der Waals surface area contributed by atoms with Crippen molar-refractivity contribution in [3.05, 3.63) is 23.8 Å². The summed E-state index contributed by atoms with van der Waals surface area (Å²) in [5.74, 6) is 0.528. The van der Waals surface area contributed by atoms with Crippen molar-refractivity contribution in [2.75, 3.05) is 25.0 Å². The summed E-state index contributed by atoms with van der Waals surface area (Å²) in [7, 11) is 0. The fourth-order valence-electron chi connectivity index (χ4n) is 2.82. The monoisotopic (exact) mass is 344 g/mol. The standard InChI is InChI=1S/C17H23F3N2O2/c1-3-16(23)22-9-7-13(8-10-22)21-14-11-12(17(18,19)20)5-6-15(14)24-4-2/h5-6,11,13,21H,3-4,7-10H2,1-2H3. The van der Waals surface area contributed by atoms with Crippen LogP contribution >= 0.6 is 0 Å². The zero-order chi connectivity index (χ0) is 17.7. The minimum atomic E-state index is -4.39. The second kappa shape index (κ2) is 7.77. The Morgan fingerprint density at radius 1 is 1.29 bits per heavy atom. The van der Waals surface area contributed by atoms with Crippen LogP contribution < -0.4 is 10.1 Å². The van der Waals surface area contributed by atoms with Gasteiger partial charge in [0.1, 0.15) is 5.75 Å². The second-order valence-corrected chi connectivity index (χ2v) is 5.79. The number of likely N-dealkylation sites (tertiary alicyclic amines) is 1. The number of hydrogen-bond donors (Lipinski definition) is 1. The van der Waals surface area contributed by atoms with E-state index < -0.39 is 11.7 Å². The van der Waals surface area contributed by atoms with Crippen LogP contribution in [0.3, 0.4) is 0 Å². The molecule has 1 aliphatic heterocycles. The third kappa shape index (κ3) is 4.55. The Balaban J connectivity index is 2.09. The lowest BCUT2D eigenvalue weighted by atomic mass is 10.0. The summed E-state index contributed by atoms with van der Waals surface area (Å²) in [6.07, 6.45) is -2.51. The van der Waals surface area contributed by atoms with Gasteiger partial charge in [-0.25, -0.2) is 0 Å². The van der Waals surface area contributed by atoms with Crippen LogP contribution in [-0.2, 0) is 11.0 Å². The van der Waals surface area contributed by atoms with Crippen LogP contribution in [0.25, 0.3) is 0 Å². The molecule has 0 aromatic heterocycles. The lowest BCUT2D eigenvalue weighted by Gasteiger charge is -2.33. The highest BCUT2D eigenvalue weighted by molar-refractivity contribution is 5.75. The van der Waals surface area contributed by atoms with E-state index in [4.69, 9.17) is 4.74 Å². The topological polar surface area (TPSA) is 41.6 Å². The molecule has 0 spiro atoms. The summed E-state index contributed by atoms with van der Waals surface area (Å²) in [6.45, 7) is 5.23. The molecule has 24 heavy (non-hydrogen) atoms. The van der Waals surface area contributed by atoms with Gasteiger partial charge >= 0.3 is 6.18 Å². The first-order valence-corrected chi connectivity index (χ1v) is 8.23. The third-order valence-electron chi connectivity index (χ3n) is 4.12. The van der Waals surface area contributed by atoms with Crippen molar-refractivity contribution >= 4 is 11.6 Å². The smallest absolute Gasteiger partial charge is 0.416 e. The average Bonchev–Trinajstić information content (AvgIpc) is 2.55. The number of nitrogens with zero attached hydrogens (tertiary/aromatic N) is 1. The van der Waals surface area contributed by atoms with Crippen molar-refractivity contribution in [3.8, 4) is 5.75 Å². The number of piperidine rings is 1. The molecule has 4 nitrogen and oxygen atoms in total. The van der Waals surface area contributed by atoms with E-state index in [9.17, 15) is 18.0 Å². The Morgan fingerprint density at radius 3 is 2.50 bits per heavy atom. The summed E-state index contributed by atoms with van der Waals surface area (Å²) in [6, 6.07) is 3.49. The van der Waals surface area contributed by atoms with Gasteiger partial charge in [0.2, 0.25) is 5.91 Å². The highest BCUT2D eigenvalue weighted by atomic mass is 19.4. The van der Waals surface area contributed by atoms with Crippen molar-refractivity contribution in [1.29, 1.82) is 0 Å². The molecule has 0 radical (unpaired) electrons. The van der Waals surface area contributed by atoms with Crippen LogP contribution in [-0.4, -0.2) is 36.5 Å². The number of hydrogen-bond acceptors (Lipinski definition) is 3. The number of rotatable bonds is 5. The second-order valence-electron chi connectivity index (χ2n) is 5.79. The molecule has 1 fully saturated rings. The maximum atomic E-state index is 12.9. The molecule has 1 N–H and O–H groups in total. The molecule has 134 valence electrons. The highest BCUT2D eigenvalue weighted by Crippen LogP contribution is 2.35. The fraction of sp³-hybridized carbons (Fsp3) is 0.588. The first kappa shape index (κ1) is 18.4. The molecule has 0 bridgehead atoms. The number of amides is 1. The van der Waals surface area contributed by atoms with E-state index in [1.165, 1.54) is 6.07 Å². The van der Waals surface area contributed by atoms with Crippen molar-refractivity contribution < 1.29 is 22.7 Å². The van der Waals surface area contributed by atoms with Gasteiger partial charge in [-0.15, -0.1) is 0 Å². The van der Waals surface area contributed by atoms with Gasteiger partial charge in [0.05, 0.1) is 17.9 Å². The zero-order valence-electron chi connectivity index (χ0n) is 13.9. The lowest BCUT2D eigenvalue weighted by Crippen LogP contribution is -2.42. The molecule has 1 saturated heterocycles. The van der Waals surface area contributed by atoms with Gasteiger partial charge in [0.15, 0.2) is 0 Å². The normalized spacial score (nSPS) is 16.1. The van der Waals surface area contributed by atoms with E-state index >= 15 is 0 Å². The molecule has 0 atom stereocenters. The van der Waals surface area contributed by atoms with Gasteiger partial charge in [-0.3, -0.25) is 4.79 Å². The van der Waals surface area contributed by atoms with E-state index in [-0.39, 0.29) is 11.9 Å². The maximum absolute atomic E-state index is 12.9. The summed E-state index contributed by atoms with van der Waals surface area (Å²) in [4.78, 5) is 13.5. The van der Waals surface area contributed by atoms with Gasteiger partial charge in [-0.1, -0.05) is 6.92 Å². The van der Waals surface area contributed by atoms with E-state index in [0.29, 0.717) is 50.4 Å². The Labute approximate surface area is 140 Å². The van der Waals surface area contributed by atoms with E-state index in [1.54, 1.807) is 11.8 Å². The minimum absolute atomic E-state index is 0.0218. The predicted molar refractivity (Wildman–Crippen MR) is 86.1 cm³/mol. The first-order chi connectivity index (χ1) is 11.3. The Morgan fingerprint density at radius 2 is 1.96 bits per heavy atom. The largest absolute Gasteiger partial charge is 0.492 e. The van der Waals surface area contributed by atoms with Crippen LogP contribution in [0.2, 0.25) is 0 Å². The predicted octanol–water partition coefficient (Wildman–Crippen LogP) is 3.92. The number of alkyl halides is 3. The molecule has 0 aliphatic carbocycles. The van der Waals surface area contributed by atoms with E-state index in [1.807, 2.05) is 6.92 Å². The van der Waals surface area contributed by atoms with Crippen LogP contribution in [0.4, 0.5) is 18.9 Å². The van der Waals surface area contributed by atoms with Crippen LogP contribution in [0.5, 0.6) is 5.75 Å². The fourth-order valence-corrected chi connectivity index (χ4v) is 2.82.